The van der Waals surface area contributed by atoms with Gasteiger partial charge < -0.3 is 15.5 Å². The van der Waals surface area contributed by atoms with E-state index in [1.165, 1.54) is 5.56 Å². The van der Waals surface area contributed by atoms with Crippen LogP contribution in [0.25, 0.3) is 0 Å². The van der Waals surface area contributed by atoms with Gasteiger partial charge in [-0.3, -0.25) is 9.59 Å². The molecule has 1 aromatic carbocycles. The number of piperidine rings is 1. The zero-order valence-electron chi connectivity index (χ0n) is 13.6. The summed E-state index contributed by atoms with van der Waals surface area (Å²) in [5, 5.41) is 0. The first-order valence-corrected chi connectivity index (χ1v) is 8.41. The first-order chi connectivity index (χ1) is 11.1. The molecule has 2 aliphatic heterocycles. The number of nitrogens with two attached hydrogens (primary N) is 1. The highest BCUT2D eigenvalue weighted by Gasteiger charge is 2.37. The van der Waals surface area contributed by atoms with Crippen molar-refractivity contribution in [2.75, 3.05) is 26.2 Å². The fourth-order valence-corrected chi connectivity index (χ4v) is 3.78. The third kappa shape index (κ3) is 3.39. The van der Waals surface area contributed by atoms with Crippen molar-refractivity contribution >= 4 is 11.8 Å². The summed E-state index contributed by atoms with van der Waals surface area (Å²) in [4.78, 5) is 28.1. The molecule has 2 saturated heterocycles. The molecule has 0 aromatic heterocycles. The molecule has 2 amide bonds. The van der Waals surface area contributed by atoms with Gasteiger partial charge >= 0.3 is 0 Å². The van der Waals surface area contributed by atoms with Crippen LogP contribution in [-0.4, -0.2) is 53.8 Å². The van der Waals surface area contributed by atoms with Crippen LogP contribution in [0.15, 0.2) is 30.3 Å². The molecule has 2 N–H and O–H groups in total. The second-order valence-electron chi connectivity index (χ2n) is 6.73. The maximum absolute atomic E-state index is 12.8. The van der Waals surface area contributed by atoms with Crippen molar-refractivity contribution in [1.82, 2.24) is 9.80 Å². The number of hydrogen-bond acceptors (Lipinski definition) is 3. The third-order valence-electron chi connectivity index (χ3n) is 5.12. The zero-order valence-corrected chi connectivity index (χ0v) is 13.6. The lowest BCUT2D eigenvalue weighted by molar-refractivity contribution is -0.139. The Balaban J connectivity index is 1.66. The quantitative estimate of drug-likeness (QED) is 0.892. The molecule has 2 fully saturated rings. The molecule has 23 heavy (non-hydrogen) atoms. The molecular formula is C18H25N3O2. The number of benzene rings is 1. The molecule has 0 radical (unpaired) electrons. The zero-order chi connectivity index (χ0) is 16.4. The van der Waals surface area contributed by atoms with Crippen LogP contribution in [-0.2, 0) is 9.59 Å². The normalized spacial score (nSPS) is 28.0. The summed E-state index contributed by atoms with van der Waals surface area (Å²) in [6, 6.07) is 10.2. The Kier molecular flexibility index (Phi) is 4.66. The summed E-state index contributed by atoms with van der Waals surface area (Å²) in [6.45, 7) is 4.18. The Morgan fingerprint density at radius 1 is 1.09 bits per heavy atom. The predicted molar refractivity (Wildman–Crippen MR) is 88.7 cm³/mol. The van der Waals surface area contributed by atoms with E-state index in [4.69, 9.17) is 5.73 Å². The smallest absolute Gasteiger partial charge is 0.227 e. The van der Waals surface area contributed by atoms with Gasteiger partial charge in [0.25, 0.3) is 0 Å². The van der Waals surface area contributed by atoms with Crippen molar-refractivity contribution in [3.63, 3.8) is 0 Å². The lowest BCUT2D eigenvalue weighted by atomic mass is 9.95. The topological polar surface area (TPSA) is 66.6 Å². The third-order valence-corrected chi connectivity index (χ3v) is 5.12. The highest BCUT2D eigenvalue weighted by atomic mass is 16.2. The largest absolute Gasteiger partial charge is 0.342 e. The standard InChI is InChI=1S/C18H25N3O2/c1-13(22)20-9-5-8-15(10-20)18(23)21-11-16(17(19)12-21)14-6-3-2-4-7-14/h2-4,6-7,15-17H,5,8-12,19H2,1H3/t15?,16-,17+/m0/s1. The van der Waals surface area contributed by atoms with Crippen molar-refractivity contribution in [3.05, 3.63) is 35.9 Å². The molecule has 0 spiro atoms. The second-order valence-corrected chi connectivity index (χ2v) is 6.73. The number of amides is 2. The minimum atomic E-state index is -0.0747. The van der Waals surface area contributed by atoms with Crippen LogP contribution in [0.3, 0.4) is 0 Å². The van der Waals surface area contributed by atoms with E-state index in [0.29, 0.717) is 19.6 Å². The van der Waals surface area contributed by atoms with E-state index in [0.717, 1.165) is 19.4 Å². The van der Waals surface area contributed by atoms with Crippen molar-refractivity contribution in [1.29, 1.82) is 0 Å². The van der Waals surface area contributed by atoms with Gasteiger partial charge in [0, 0.05) is 45.1 Å². The van der Waals surface area contributed by atoms with Gasteiger partial charge in [-0.15, -0.1) is 0 Å². The molecule has 1 aromatic rings. The maximum atomic E-state index is 12.8. The van der Waals surface area contributed by atoms with Crippen LogP contribution >= 0.6 is 0 Å². The predicted octanol–water partition coefficient (Wildman–Crippen LogP) is 1.20. The van der Waals surface area contributed by atoms with Crippen molar-refractivity contribution in [2.24, 2.45) is 11.7 Å². The van der Waals surface area contributed by atoms with Gasteiger partial charge in [-0.1, -0.05) is 30.3 Å². The maximum Gasteiger partial charge on any atom is 0.227 e. The average Bonchev–Trinajstić information content (AvgIpc) is 2.97. The lowest BCUT2D eigenvalue weighted by Gasteiger charge is -2.33. The fourth-order valence-electron chi connectivity index (χ4n) is 3.78. The molecule has 0 aliphatic carbocycles. The van der Waals surface area contributed by atoms with Crippen LogP contribution in [0.2, 0.25) is 0 Å². The molecule has 2 aliphatic rings. The number of rotatable bonds is 2. The summed E-state index contributed by atoms with van der Waals surface area (Å²) in [7, 11) is 0. The molecule has 1 unspecified atom stereocenters. The Morgan fingerprint density at radius 2 is 1.83 bits per heavy atom. The monoisotopic (exact) mass is 315 g/mol. The number of nitrogens with zero attached hydrogens (tertiary/aromatic N) is 2. The molecule has 3 rings (SSSR count). The molecule has 5 nitrogen and oxygen atoms in total. The van der Waals surface area contributed by atoms with Crippen LogP contribution in [0.1, 0.15) is 31.2 Å². The van der Waals surface area contributed by atoms with Crippen LogP contribution in [0.5, 0.6) is 0 Å². The van der Waals surface area contributed by atoms with Gasteiger partial charge in [-0.2, -0.15) is 0 Å². The first-order valence-electron chi connectivity index (χ1n) is 8.41. The molecule has 124 valence electrons. The van der Waals surface area contributed by atoms with E-state index >= 15 is 0 Å². The van der Waals surface area contributed by atoms with E-state index < -0.39 is 0 Å². The summed E-state index contributed by atoms with van der Waals surface area (Å²) in [6.07, 6.45) is 1.77. The fraction of sp³-hybridized carbons (Fsp3) is 0.556. The molecular weight excluding hydrogens is 290 g/mol. The number of carbonyl (C=O) groups is 2. The molecule has 2 heterocycles. The highest BCUT2D eigenvalue weighted by Crippen LogP contribution is 2.29. The second kappa shape index (κ2) is 6.71. The van der Waals surface area contributed by atoms with E-state index in [-0.39, 0.29) is 29.7 Å². The minimum Gasteiger partial charge on any atom is -0.342 e. The van der Waals surface area contributed by atoms with Crippen LogP contribution < -0.4 is 5.73 Å². The molecule has 3 atom stereocenters. The van der Waals surface area contributed by atoms with Crippen molar-refractivity contribution in [2.45, 2.75) is 31.7 Å². The summed E-state index contributed by atoms with van der Waals surface area (Å²) >= 11 is 0. The van der Waals surface area contributed by atoms with Gasteiger partial charge in [0.2, 0.25) is 11.8 Å². The molecule has 0 bridgehead atoms. The number of likely N-dealkylation sites (tertiary alicyclic amines) is 2. The SMILES string of the molecule is CC(=O)N1CCCC(C(=O)N2C[C@@H](N)[C@H](c3ccccc3)C2)C1. The van der Waals surface area contributed by atoms with E-state index in [1.807, 2.05) is 23.1 Å². The average molecular weight is 315 g/mol. The number of hydrogen-bond donors (Lipinski definition) is 1. The Hall–Kier alpha value is -1.88. The van der Waals surface area contributed by atoms with Crippen molar-refractivity contribution < 1.29 is 9.59 Å². The van der Waals surface area contributed by atoms with Crippen molar-refractivity contribution in [3.8, 4) is 0 Å². The van der Waals surface area contributed by atoms with Gasteiger partial charge in [-0.05, 0) is 18.4 Å². The Morgan fingerprint density at radius 3 is 2.52 bits per heavy atom. The van der Waals surface area contributed by atoms with E-state index in [9.17, 15) is 9.59 Å². The highest BCUT2D eigenvalue weighted by molar-refractivity contribution is 5.81. The van der Waals surface area contributed by atoms with Gasteiger partial charge in [0.05, 0.1) is 5.92 Å². The number of carbonyl (C=O) groups excluding carboxylic acids is 2. The van der Waals surface area contributed by atoms with Crippen LogP contribution in [0.4, 0.5) is 0 Å². The summed E-state index contributed by atoms with van der Waals surface area (Å²) in [5.74, 6) is 0.342. The summed E-state index contributed by atoms with van der Waals surface area (Å²) < 4.78 is 0. The van der Waals surface area contributed by atoms with E-state index in [1.54, 1.807) is 11.8 Å². The minimum absolute atomic E-state index is 0.0196. The molecule has 5 heteroatoms. The Labute approximate surface area is 137 Å². The Bertz CT molecular complexity index is 575. The van der Waals surface area contributed by atoms with Gasteiger partial charge in [0.1, 0.15) is 0 Å². The van der Waals surface area contributed by atoms with E-state index in [2.05, 4.69) is 12.1 Å². The first kappa shape index (κ1) is 16.0. The van der Waals surface area contributed by atoms with Gasteiger partial charge in [0.15, 0.2) is 0 Å². The molecule has 0 saturated carbocycles. The lowest BCUT2D eigenvalue weighted by Crippen LogP contribution is -2.46. The van der Waals surface area contributed by atoms with Crippen LogP contribution in [0, 0.1) is 5.92 Å². The van der Waals surface area contributed by atoms with Gasteiger partial charge in [-0.25, -0.2) is 0 Å². The summed E-state index contributed by atoms with van der Waals surface area (Å²) in [5.41, 5.74) is 7.48.